The zero-order valence-electron chi connectivity index (χ0n) is 26.6. The Morgan fingerprint density at radius 2 is 1.77 bits per heavy atom. The van der Waals surface area contributed by atoms with Crippen LogP contribution in [0.1, 0.15) is 77.0 Å². The van der Waals surface area contributed by atoms with E-state index in [1.807, 2.05) is 6.20 Å². The largest absolute Gasteiger partial charge is 0.369 e. The minimum atomic E-state index is -1.16. The maximum atomic E-state index is 16.5. The van der Waals surface area contributed by atoms with Crippen LogP contribution in [0.25, 0.3) is 0 Å². The lowest BCUT2D eigenvalue weighted by molar-refractivity contribution is -0.222. The lowest BCUT2D eigenvalue weighted by Gasteiger charge is -2.62. The molecular weight excluding hydrogens is 545 g/mol. The molecule has 43 heavy (non-hydrogen) atoms. The molecule has 3 aliphatic carbocycles. The van der Waals surface area contributed by atoms with Gasteiger partial charge in [0.25, 0.3) is 5.91 Å². The van der Waals surface area contributed by atoms with Crippen LogP contribution in [-0.4, -0.2) is 127 Å². The Hall–Kier alpha value is -1.55. The van der Waals surface area contributed by atoms with Crippen molar-refractivity contribution in [1.29, 1.82) is 0 Å². The number of hydrogen-bond donors (Lipinski definition) is 1. The van der Waals surface area contributed by atoms with Gasteiger partial charge in [-0.3, -0.25) is 14.5 Å². The van der Waals surface area contributed by atoms with Gasteiger partial charge in [-0.1, -0.05) is 25.7 Å². The number of likely N-dealkylation sites (tertiary alicyclic amines) is 2. The number of morpholine rings is 1. The number of alkyl halides is 1. The van der Waals surface area contributed by atoms with Crippen molar-refractivity contribution in [3.63, 3.8) is 0 Å². The van der Waals surface area contributed by atoms with E-state index in [4.69, 9.17) is 4.74 Å². The first kappa shape index (κ1) is 30.1. The van der Waals surface area contributed by atoms with Gasteiger partial charge in [0.05, 0.1) is 35.9 Å². The number of amides is 1. The highest BCUT2D eigenvalue weighted by molar-refractivity contribution is 6.20. The maximum Gasteiger partial charge on any atom is 0.256 e. The second-order valence-corrected chi connectivity index (χ2v) is 15.2. The first-order valence-electron chi connectivity index (χ1n) is 17.5. The molecule has 0 aromatic carbocycles. The fourth-order valence-corrected chi connectivity index (χ4v) is 10.4. The first-order chi connectivity index (χ1) is 20.8. The van der Waals surface area contributed by atoms with Crippen molar-refractivity contribution >= 4 is 11.7 Å². The highest BCUT2D eigenvalue weighted by Gasteiger charge is 2.60. The van der Waals surface area contributed by atoms with Crippen molar-refractivity contribution in [2.45, 2.75) is 126 Å². The van der Waals surface area contributed by atoms with Gasteiger partial charge in [0.2, 0.25) is 0 Å². The molecule has 0 radical (unpaired) electrons. The molecule has 0 aromatic rings. The van der Waals surface area contributed by atoms with Crippen LogP contribution in [0.2, 0.25) is 0 Å². The summed E-state index contributed by atoms with van der Waals surface area (Å²) in [7, 11) is 6.39. The number of likely N-dealkylation sites (N-methyl/N-ethyl adjacent to an activating group) is 1. The smallest absolute Gasteiger partial charge is 0.256 e. The zero-order chi connectivity index (χ0) is 29.8. The predicted molar refractivity (Wildman–Crippen MR) is 164 cm³/mol. The van der Waals surface area contributed by atoms with Gasteiger partial charge in [-0.25, -0.2) is 4.39 Å². The molecule has 240 valence electrons. The fourth-order valence-electron chi connectivity index (χ4n) is 10.4. The lowest BCUT2D eigenvalue weighted by atomic mass is 9.64. The summed E-state index contributed by atoms with van der Waals surface area (Å²) in [5.41, 5.74) is 0.237. The molecule has 0 bridgehead atoms. The first-order valence-corrected chi connectivity index (χ1v) is 17.5. The summed E-state index contributed by atoms with van der Waals surface area (Å²) in [4.78, 5) is 37.0. The van der Waals surface area contributed by atoms with Crippen LogP contribution < -0.4 is 5.32 Å². The number of Topliss-reactive ketones (excluding diaryl/α,β-unsaturated/α-hetero) is 1. The molecule has 4 aliphatic heterocycles. The van der Waals surface area contributed by atoms with E-state index in [9.17, 15) is 9.59 Å². The number of rotatable bonds is 6. The van der Waals surface area contributed by atoms with Gasteiger partial charge in [-0.05, 0) is 104 Å². The number of halogens is 1. The third kappa shape index (κ3) is 5.59. The van der Waals surface area contributed by atoms with E-state index in [-0.39, 0.29) is 54.0 Å². The SMILES string of the molecule is CN1CCC(N(C)C2C(F)CC3C(=O)C(C(=O)NCCC4CCCN4C)=CN4C5CC6CCCCC6CC5OC2C34)CC1. The van der Waals surface area contributed by atoms with E-state index >= 15 is 4.39 Å². The van der Waals surface area contributed by atoms with E-state index in [1.54, 1.807) is 0 Å². The van der Waals surface area contributed by atoms with Crippen molar-refractivity contribution in [2.75, 3.05) is 47.3 Å². The van der Waals surface area contributed by atoms with Gasteiger partial charge < -0.3 is 24.8 Å². The number of nitrogens with zero attached hydrogens (tertiary/aromatic N) is 4. The van der Waals surface area contributed by atoms with Crippen LogP contribution in [0, 0.1) is 17.8 Å². The van der Waals surface area contributed by atoms with Gasteiger partial charge >= 0.3 is 0 Å². The molecule has 7 rings (SSSR count). The van der Waals surface area contributed by atoms with E-state index in [2.05, 4.69) is 46.1 Å². The number of nitrogens with one attached hydrogen (secondary N) is 1. The second kappa shape index (κ2) is 12.3. The zero-order valence-corrected chi connectivity index (χ0v) is 26.6. The molecule has 4 heterocycles. The van der Waals surface area contributed by atoms with Crippen molar-refractivity contribution in [1.82, 2.24) is 24.9 Å². The third-order valence-corrected chi connectivity index (χ3v) is 12.9. The molecular formula is C34H54FN5O3. The van der Waals surface area contributed by atoms with Gasteiger partial charge in [-0.2, -0.15) is 0 Å². The molecule has 0 aromatic heterocycles. The van der Waals surface area contributed by atoms with E-state index < -0.39 is 12.1 Å². The van der Waals surface area contributed by atoms with E-state index in [0.717, 1.165) is 58.2 Å². The molecule has 1 N–H and O–H groups in total. The van der Waals surface area contributed by atoms with Gasteiger partial charge in [-0.15, -0.1) is 0 Å². The van der Waals surface area contributed by atoms with Crippen LogP contribution in [0.4, 0.5) is 4.39 Å². The number of fused-ring (bicyclic) bond motifs is 3. The molecule has 6 fully saturated rings. The monoisotopic (exact) mass is 599 g/mol. The molecule has 1 amide bonds. The normalized spacial score (nSPS) is 42.3. The highest BCUT2D eigenvalue weighted by atomic mass is 19.1. The Labute approximate surface area is 257 Å². The minimum Gasteiger partial charge on any atom is -0.369 e. The van der Waals surface area contributed by atoms with Crippen molar-refractivity contribution < 1.29 is 18.7 Å². The summed E-state index contributed by atoms with van der Waals surface area (Å²) in [5.74, 6) is 0.340. The summed E-state index contributed by atoms with van der Waals surface area (Å²) < 4.78 is 23.5. The van der Waals surface area contributed by atoms with Gasteiger partial charge in [0.15, 0.2) is 5.78 Å². The molecule has 9 heteroatoms. The second-order valence-electron chi connectivity index (χ2n) is 15.2. The number of carbonyl (C=O) groups is 2. The standard InChI is InChI=1S/C34H54FN5O3/c1-37-15-11-24(12-16-37)39(3)31-27(35)19-25-30-33(31)43-29-18-22-8-5-4-7-21(22)17-28(29)40(30)20-26(32(25)41)34(42)36-13-10-23-9-6-14-38(23)2/h20-25,27-31,33H,4-19H2,1-3H3,(H,36,42). The van der Waals surface area contributed by atoms with Crippen LogP contribution in [0.15, 0.2) is 11.8 Å². The lowest BCUT2D eigenvalue weighted by Crippen LogP contribution is -2.74. The molecule has 3 saturated carbocycles. The van der Waals surface area contributed by atoms with Crippen LogP contribution in [-0.2, 0) is 14.3 Å². The summed E-state index contributed by atoms with van der Waals surface area (Å²) in [5, 5.41) is 3.08. The van der Waals surface area contributed by atoms with Crippen molar-refractivity contribution in [3.8, 4) is 0 Å². The average Bonchev–Trinajstić information content (AvgIpc) is 3.41. The molecule has 8 nitrogen and oxygen atoms in total. The number of piperidine rings is 1. The Balaban J connectivity index is 1.16. The molecule has 10 unspecified atom stereocenters. The third-order valence-electron chi connectivity index (χ3n) is 12.9. The number of ether oxygens (including phenoxy) is 1. The van der Waals surface area contributed by atoms with Crippen molar-refractivity contribution in [3.05, 3.63) is 11.8 Å². The van der Waals surface area contributed by atoms with E-state index in [0.29, 0.717) is 30.5 Å². The Bertz CT molecular complexity index is 1080. The van der Waals surface area contributed by atoms with Gasteiger partial charge in [0.1, 0.15) is 6.17 Å². The fraction of sp³-hybridized carbons (Fsp3) is 0.882. The summed E-state index contributed by atoms with van der Waals surface area (Å²) in [6, 6.07) is 0.369. The Morgan fingerprint density at radius 3 is 2.49 bits per heavy atom. The Morgan fingerprint density at radius 1 is 1.02 bits per heavy atom. The van der Waals surface area contributed by atoms with Crippen LogP contribution in [0.5, 0.6) is 0 Å². The number of hydrogen-bond acceptors (Lipinski definition) is 7. The van der Waals surface area contributed by atoms with Crippen LogP contribution >= 0.6 is 0 Å². The minimum absolute atomic E-state index is 0.0200. The number of ketones is 1. The Kier molecular flexibility index (Phi) is 8.64. The molecule has 10 atom stereocenters. The molecule has 7 aliphatic rings. The highest BCUT2D eigenvalue weighted by Crippen LogP contribution is 2.51. The summed E-state index contributed by atoms with van der Waals surface area (Å²) >= 11 is 0. The molecule has 3 saturated heterocycles. The van der Waals surface area contributed by atoms with Gasteiger partial charge in [0, 0.05) is 30.7 Å². The van der Waals surface area contributed by atoms with Crippen molar-refractivity contribution in [2.24, 2.45) is 17.8 Å². The predicted octanol–water partition coefficient (Wildman–Crippen LogP) is 3.21. The number of carbonyl (C=O) groups excluding carboxylic acids is 2. The topological polar surface area (TPSA) is 68.4 Å². The van der Waals surface area contributed by atoms with Crippen LogP contribution in [0.3, 0.4) is 0 Å². The quantitative estimate of drug-likeness (QED) is 0.471. The van der Waals surface area contributed by atoms with E-state index in [1.165, 1.54) is 32.1 Å². The average molecular weight is 600 g/mol. The molecule has 0 spiro atoms. The summed E-state index contributed by atoms with van der Waals surface area (Å²) in [6.45, 7) is 3.70. The maximum absolute atomic E-state index is 16.5. The summed E-state index contributed by atoms with van der Waals surface area (Å²) in [6.07, 6.45) is 13.0.